The first-order valence-corrected chi connectivity index (χ1v) is 29.3. The van der Waals surface area contributed by atoms with Crippen molar-refractivity contribution in [3.05, 3.63) is 0 Å². The molecule has 0 fully saturated rings. The summed E-state index contributed by atoms with van der Waals surface area (Å²) < 4.78 is 5.97. The van der Waals surface area contributed by atoms with Crippen molar-refractivity contribution in [3.63, 3.8) is 0 Å². The van der Waals surface area contributed by atoms with Crippen LogP contribution in [0.3, 0.4) is 0 Å². The van der Waals surface area contributed by atoms with Crippen LogP contribution in [0.4, 0.5) is 0 Å². The van der Waals surface area contributed by atoms with Gasteiger partial charge >= 0.3 is 5.97 Å². The van der Waals surface area contributed by atoms with Crippen molar-refractivity contribution in [3.8, 4) is 0 Å². The number of aliphatic hydroxyl groups is 2. The lowest BCUT2D eigenvalue weighted by Gasteiger charge is -2.24. The molecular formula is C58H115NO5. The lowest BCUT2D eigenvalue weighted by Crippen LogP contribution is -2.46. The Morgan fingerprint density at radius 3 is 0.953 bits per heavy atom. The zero-order chi connectivity index (χ0) is 46.7. The number of carbonyl (C=O) groups is 2. The summed E-state index contributed by atoms with van der Waals surface area (Å²) >= 11 is 0. The number of rotatable bonds is 54. The topological polar surface area (TPSA) is 95.9 Å². The first-order valence-electron chi connectivity index (χ1n) is 29.3. The van der Waals surface area contributed by atoms with Crippen LogP contribution in [0.1, 0.15) is 335 Å². The minimum Gasteiger partial charge on any atom is -0.462 e. The molecule has 382 valence electrons. The quantitative estimate of drug-likeness (QED) is 0.0417. The lowest BCUT2D eigenvalue weighted by atomic mass is 10.0. The normalized spacial score (nSPS) is 13.0. The van der Waals surface area contributed by atoms with Gasteiger partial charge in [-0.3, -0.25) is 9.59 Å². The van der Waals surface area contributed by atoms with Gasteiger partial charge in [-0.15, -0.1) is 0 Å². The van der Waals surface area contributed by atoms with Crippen molar-refractivity contribution in [2.24, 2.45) is 0 Å². The Labute approximate surface area is 400 Å². The molecule has 0 aliphatic rings. The summed E-state index contributed by atoms with van der Waals surface area (Å²) in [6.45, 7) is 6.54. The second-order valence-electron chi connectivity index (χ2n) is 20.4. The number of unbranched alkanes of at least 4 members (excludes halogenated alkanes) is 42. The zero-order valence-corrected chi connectivity index (χ0v) is 43.7. The molecule has 0 aliphatic carbocycles. The number of esters is 1. The SMILES string of the molecule is CCCCCCCCCCCCCCCCCCC(CC(=O)NC(CO)C(O)CCCCCCCCCCCCCCCCC)OC(=O)CCCCCCCCCCCCCCCC. The minimum absolute atomic E-state index is 0.0887. The molecule has 0 rings (SSSR count). The van der Waals surface area contributed by atoms with Crippen LogP contribution in [0, 0.1) is 0 Å². The third kappa shape index (κ3) is 47.4. The Hall–Kier alpha value is -1.14. The number of amides is 1. The third-order valence-electron chi connectivity index (χ3n) is 13.9. The van der Waals surface area contributed by atoms with E-state index in [4.69, 9.17) is 4.74 Å². The monoisotopic (exact) mass is 906 g/mol. The third-order valence-corrected chi connectivity index (χ3v) is 13.9. The second-order valence-corrected chi connectivity index (χ2v) is 20.4. The Morgan fingerprint density at radius 2 is 0.656 bits per heavy atom. The Morgan fingerprint density at radius 1 is 0.391 bits per heavy atom. The van der Waals surface area contributed by atoms with Crippen molar-refractivity contribution in [1.29, 1.82) is 0 Å². The van der Waals surface area contributed by atoms with Crippen LogP contribution >= 0.6 is 0 Å². The minimum atomic E-state index is -0.780. The van der Waals surface area contributed by atoms with Gasteiger partial charge in [0.2, 0.25) is 5.91 Å². The van der Waals surface area contributed by atoms with Crippen LogP contribution in [0.25, 0.3) is 0 Å². The van der Waals surface area contributed by atoms with Gasteiger partial charge in [0.25, 0.3) is 0 Å². The summed E-state index contributed by atoms with van der Waals surface area (Å²) in [6.07, 6.45) is 58.8. The number of carbonyl (C=O) groups excluding carboxylic acids is 2. The van der Waals surface area contributed by atoms with Gasteiger partial charge < -0.3 is 20.3 Å². The summed E-state index contributed by atoms with van der Waals surface area (Å²) in [5.41, 5.74) is 0. The van der Waals surface area contributed by atoms with Crippen LogP contribution in [-0.4, -0.2) is 46.9 Å². The van der Waals surface area contributed by atoms with E-state index in [1.165, 1.54) is 250 Å². The van der Waals surface area contributed by atoms with E-state index in [2.05, 4.69) is 26.1 Å². The number of nitrogens with one attached hydrogen (secondary N) is 1. The van der Waals surface area contributed by atoms with Gasteiger partial charge in [-0.05, 0) is 25.7 Å². The summed E-state index contributed by atoms with van der Waals surface area (Å²) in [5, 5.41) is 23.9. The molecule has 3 N–H and O–H groups in total. The molecule has 6 nitrogen and oxygen atoms in total. The fourth-order valence-electron chi connectivity index (χ4n) is 9.49. The highest BCUT2D eigenvalue weighted by Gasteiger charge is 2.24. The number of ether oxygens (including phenoxy) is 1. The molecule has 3 atom stereocenters. The molecular weight excluding hydrogens is 791 g/mol. The fourth-order valence-corrected chi connectivity index (χ4v) is 9.49. The molecule has 0 radical (unpaired) electrons. The van der Waals surface area contributed by atoms with Crippen LogP contribution < -0.4 is 5.32 Å². The molecule has 64 heavy (non-hydrogen) atoms. The summed E-state index contributed by atoms with van der Waals surface area (Å²) in [4.78, 5) is 26.3. The number of hydrogen-bond donors (Lipinski definition) is 3. The van der Waals surface area contributed by atoms with Gasteiger partial charge in [-0.25, -0.2) is 0 Å². The Kier molecular flexibility index (Phi) is 51.9. The Balaban J connectivity index is 4.49. The van der Waals surface area contributed by atoms with Gasteiger partial charge in [0.05, 0.1) is 25.2 Å². The van der Waals surface area contributed by atoms with E-state index in [1.807, 2.05) is 0 Å². The Bertz CT molecular complexity index is 928. The summed E-state index contributed by atoms with van der Waals surface area (Å²) in [7, 11) is 0. The van der Waals surface area contributed by atoms with Gasteiger partial charge in [-0.1, -0.05) is 297 Å². The van der Waals surface area contributed by atoms with E-state index in [0.717, 1.165) is 38.5 Å². The summed E-state index contributed by atoms with van der Waals surface area (Å²) in [5.74, 6) is -0.444. The first kappa shape index (κ1) is 62.9. The van der Waals surface area contributed by atoms with E-state index in [0.29, 0.717) is 19.3 Å². The van der Waals surface area contributed by atoms with Crippen molar-refractivity contribution in [1.82, 2.24) is 5.32 Å². The van der Waals surface area contributed by atoms with Gasteiger partial charge in [0.15, 0.2) is 0 Å². The molecule has 0 bridgehead atoms. The highest BCUT2D eigenvalue weighted by Crippen LogP contribution is 2.19. The maximum Gasteiger partial charge on any atom is 0.306 e. The lowest BCUT2D eigenvalue weighted by molar-refractivity contribution is -0.151. The average Bonchev–Trinajstić information content (AvgIpc) is 3.29. The number of hydrogen-bond acceptors (Lipinski definition) is 5. The highest BCUT2D eigenvalue weighted by atomic mass is 16.5. The van der Waals surface area contributed by atoms with Crippen LogP contribution in [0.2, 0.25) is 0 Å². The molecule has 0 saturated carbocycles. The first-order chi connectivity index (χ1) is 31.5. The molecule has 0 spiro atoms. The van der Waals surface area contributed by atoms with E-state index in [1.54, 1.807) is 0 Å². The van der Waals surface area contributed by atoms with E-state index >= 15 is 0 Å². The second kappa shape index (κ2) is 52.8. The maximum atomic E-state index is 13.3. The van der Waals surface area contributed by atoms with Crippen molar-refractivity contribution < 1.29 is 24.5 Å². The molecule has 0 aromatic heterocycles. The van der Waals surface area contributed by atoms with Gasteiger partial charge in [0.1, 0.15) is 6.10 Å². The molecule has 0 aliphatic heterocycles. The molecule has 0 saturated heterocycles. The molecule has 6 heteroatoms. The molecule has 0 heterocycles. The highest BCUT2D eigenvalue weighted by molar-refractivity contribution is 5.77. The molecule has 0 aromatic carbocycles. The van der Waals surface area contributed by atoms with Crippen molar-refractivity contribution in [2.45, 2.75) is 354 Å². The van der Waals surface area contributed by atoms with Crippen LogP contribution in [0.5, 0.6) is 0 Å². The molecule has 3 unspecified atom stereocenters. The molecule has 1 amide bonds. The van der Waals surface area contributed by atoms with E-state index in [9.17, 15) is 19.8 Å². The maximum absolute atomic E-state index is 13.3. The van der Waals surface area contributed by atoms with Gasteiger partial charge in [0, 0.05) is 6.42 Å². The van der Waals surface area contributed by atoms with Crippen LogP contribution in [0.15, 0.2) is 0 Å². The van der Waals surface area contributed by atoms with E-state index < -0.39 is 18.2 Å². The molecule has 0 aromatic rings. The fraction of sp³-hybridized carbons (Fsp3) is 0.966. The van der Waals surface area contributed by atoms with Crippen molar-refractivity contribution >= 4 is 11.9 Å². The summed E-state index contributed by atoms with van der Waals surface area (Å²) in [6, 6.07) is -0.693. The van der Waals surface area contributed by atoms with Crippen LogP contribution in [-0.2, 0) is 14.3 Å². The zero-order valence-electron chi connectivity index (χ0n) is 43.7. The van der Waals surface area contributed by atoms with Gasteiger partial charge in [-0.2, -0.15) is 0 Å². The predicted octanol–water partition coefficient (Wildman–Crippen LogP) is 17.9. The van der Waals surface area contributed by atoms with E-state index in [-0.39, 0.29) is 24.9 Å². The standard InChI is InChI=1S/C58H115NO5/c1-4-7-10-13-16-19-22-25-28-30-31-34-37-40-43-46-49-54(64-58(63)51-48-45-42-39-36-33-27-24-21-18-15-12-9-6-3)52-57(62)59-55(53-60)56(61)50-47-44-41-38-35-32-29-26-23-20-17-14-11-8-5-2/h54-56,60-61H,4-53H2,1-3H3,(H,59,62). The predicted molar refractivity (Wildman–Crippen MR) is 278 cm³/mol. The smallest absolute Gasteiger partial charge is 0.306 e. The number of aliphatic hydroxyl groups excluding tert-OH is 2. The average molecular weight is 907 g/mol. The largest absolute Gasteiger partial charge is 0.462 e. The van der Waals surface area contributed by atoms with Crippen molar-refractivity contribution in [2.75, 3.05) is 6.61 Å².